The molecule has 0 radical (unpaired) electrons. The molecule has 1 atom stereocenters. The second-order valence-corrected chi connectivity index (χ2v) is 8.14. The van der Waals surface area contributed by atoms with Crippen LogP contribution in [0.3, 0.4) is 0 Å². The Labute approximate surface area is 178 Å². The summed E-state index contributed by atoms with van der Waals surface area (Å²) in [5.41, 5.74) is -0.569. The highest BCUT2D eigenvalue weighted by Gasteiger charge is 2.68. The minimum absolute atomic E-state index is 0.569. The van der Waals surface area contributed by atoms with E-state index in [4.69, 9.17) is 0 Å². The largest absolute Gasteiger partial charge is 0.743 e. The van der Waals surface area contributed by atoms with Crippen LogP contribution in [0.5, 0.6) is 0 Å². The van der Waals surface area contributed by atoms with Crippen molar-refractivity contribution in [1.29, 1.82) is 0 Å². The lowest BCUT2D eigenvalue weighted by Gasteiger charge is -2.33. The van der Waals surface area contributed by atoms with E-state index in [1.54, 1.807) is 0 Å². The molecular weight excluding hydrogens is 485 g/mol. The van der Waals surface area contributed by atoms with Gasteiger partial charge in [-0.1, -0.05) is 6.58 Å². The first-order valence-electron chi connectivity index (χ1n) is 8.64. The smallest absolute Gasteiger partial charge is 0.468 e. The lowest BCUT2D eigenvalue weighted by Crippen LogP contribution is -2.58. The first-order chi connectivity index (χ1) is 14.1. The predicted molar refractivity (Wildman–Crippen MR) is 90.3 cm³/mol. The van der Waals surface area contributed by atoms with E-state index in [0.29, 0.717) is 0 Å². The summed E-state index contributed by atoms with van der Waals surface area (Å²) in [6.45, 7) is 5.06. The Morgan fingerprint density at radius 1 is 1.03 bits per heavy atom. The van der Waals surface area contributed by atoms with Gasteiger partial charge < -0.3 is 18.8 Å². The molecule has 0 saturated heterocycles. The van der Waals surface area contributed by atoms with Crippen molar-refractivity contribution in [2.45, 2.75) is 69.3 Å². The number of alkyl halides is 7. The van der Waals surface area contributed by atoms with Gasteiger partial charge in [0, 0.05) is 12.0 Å². The zero-order chi connectivity index (χ0) is 25.8. The van der Waals surface area contributed by atoms with Crippen LogP contribution < -0.4 is 0 Å². The van der Waals surface area contributed by atoms with E-state index in [1.165, 1.54) is 0 Å². The Morgan fingerprint density at radius 3 is 1.91 bits per heavy atom. The number of esters is 2. The molecule has 32 heavy (non-hydrogen) atoms. The highest BCUT2D eigenvalue weighted by Crippen LogP contribution is 2.42. The maximum atomic E-state index is 13.6. The number of hydrogen-bond donors (Lipinski definition) is 0. The third-order valence-corrected chi connectivity index (χ3v) is 4.43. The molecule has 0 aliphatic heterocycles. The average Bonchev–Trinajstić information content (AvgIpc) is 2.56. The third-order valence-electron chi connectivity index (χ3n) is 3.50. The van der Waals surface area contributed by atoms with Crippen molar-refractivity contribution in [2.24, 2.45) is 0 Å². The predicted octanol–water partition coefficient (Wildman–Crippen LogP) is 3.28. The van der Waals surface area contributed by atoms with E-state index in [1.807, 2.05) is 0 Å². The van der Waals surface area contributed by atoms with Crippen LogP contribution in [0.15, 0.2) is 12.2 Å². The van der Waals surface area contributed by atoms with Crippen LogP contribution in [-0.4, -0.2) is 60.8 Å². The topological polar surface area (TPSA) is 119 Å². The number of carbonyl (C=O) groups excluding carboxylic acids is 2. The van der Waals surface area contributed by atoms with Gasteiger partial charge in [-0.15, -0.1) is 0 Å². The summed E-state index contributed by atoms with van der Waals surface area (Å²) in [4.78, 5) is 23.7. The van der Waals surface area contributed by atoms with Crippen molar-refractivity contribution < 1.29 is 67.5 Å². The summed E-state index contributed by atoms with van der Waals surface area (Å²) < 4.78 is 138. The molecule has 0 aliphatic carbocycles. The lowest BCUT2D eigenvalue weighted by atomic mass is 10.1. The maximum absolute atomic E-state index is 13.6. The molecule has 0 amide bonds. The fraction of sp³-hybridized carbons (Fsp3) is 0.750. The van der Waals surface area contributed by atoms with Gasteiger partial charge >= 0.3 is 35.1 Å². The molecule has 0 spiro atoms. The van der Waals surface area contributed by atoms with Crippen molar-refractivity contribution in [3.05, 3.63) is 12.2 Å². The minimum atomic E-state index is -6.73. The molecule has 0 aromatic carbocycles. The van der Waals surface area contributed by atoms with E-state index in [0.717, 1.165) is 20.8 Å². The van der Waals surface area contributed by atoms with Crippen LogP contribution in [-0.2, 0) is 33.9 Å². The van der Waals surface area contributed by atoms with Gasteiger partial charge in [-0.2, -0.15) is 30.7 Å². The Kier molecular flexibility index (Phi) is 9.71. The highest BCUT2D eigenvalue weighted by atomic mass is 32.2. The Morgan fingerprint density at radius 2 is 1.53 bits per heavy atom. The summed E-state index contributed by atoms with van der Waals surface area (Å²) in [6.07, 6.45) is -10.7. The standard InChI is InChI=1S/C16H21F7O8S/c1-9(2)11(24)31-14(15(19,20)21,12(25)30-10(3)4)29-8-6-5-7-13(17,18)16(22,23)32(26,27)28/h10H,1,5-8H2,2-4H3,(H,26,27,28)/p-1. The van der Waals surface area contributed by atoms with Crippen LogP contribution >= 0.6 is 0 Å². The molecule has 0 aromatic heterocycles. The number of halogens is 7. The molecule has 0 aliphatic rings. The van der Waals surface area contributed by atoms with Crippen molar-refractivity contribution >= 4 is 22.1 Å². The molecule has 0 aromatic rings. The summed E-state index contributed by atoms with van der Waals surface area (Å²) in [5.74, 6) is -13.6. The van der Waals surface area contributed by atoms with Crippen molar-refractivity contribution in [1.82, 2.24) is 0 Å². The van der Waals surface area contributed by atoms with Gasteiger partial charge in [-0.25, -0.2) is 18.0 Å². The van der Waals surface area contributed by atoms with Crippen molar-refractivity contribution in [3.8, 4) is 0 Å². The SMILES string of the molecule is C=C(C)C(=O)OC(OCCCCC(F)(F)C(F)(F)S(=O)(=O)[O-])(C(=O)OC(C)C)C(F)(F)F. The molecule has 8 nitrogen and oxygen atoms in total. The van der Waals surface area contributed by atoms with Crippen LogP contribution in [0.2, 0.25) is 0 Å². The van der Waals surface area contributed by atoms with Crippen LogP contribution in [0.25, 0.3) is 0 Å². The van der Waals surface area contributed by atoms with Gasteiger partial charge in [0.05, 0.1) is 12.7 Å². The average molecular weight is 505 g/mol. The lowest BCUT2D eigenvalue weighted by molar-refractivity contribution is -0.355. The van der Waals surface area contributed by atoms with Gasteiger partial charge in [-0.05, 0) is 33.6 Å². The summed E-state index contributed by atoms with van der Waals surface area (Å²) >= 11 is 0. The van der Waals surface area contributed by atoms with Crippen molar-refractivity contribution in [3.63, 3.8) is 0 Å². The van der Waals surface area contributed by atoms with Crippen LogP contribution in [0.1, 0.15) is 40.0 Å². The first kappa shape index (κ1) is 30.1. The molecule has 0 heterocycles. The number of rotatable bonds is 12. The molecule has 16 heteroatoms. The normalized spacial score (nSPS) is 15.2. The number of hydrogen-bond acceptors (Lipinski definition) is 8. The van der Waals surface area contributed by atoms with Crippen LogP contribution in [0, 0.1) is 0 Å². The molecule has 1 unspecified atom stereocenters. The third kappa shape index (κ3) is 7.03. The number of ether oxygens (including phenoxy) is 3. The maximum Gasteiger partial charge on any atom is 0.468 e. The van der Waals surface area contributed by atoms with E-state index in [2.05, 4.69) is 20.8 Å². The van der Waals surface area contributed by atoms with Gasteiger partial charge in [0.1, 0.15) is 0 Å². The highest BCUT2D eigenvalue weighted by molar-refractivity contribution is 7.86. The number of carbonyl (C=O) groups is 2. The van der Waals surface area contributed by atoms with E-state index in [9.17, 15) is 53.3 Å². The molecule has 0 N–H and O–H groups in total. The zero-order valence-corrected chi connectivity index (χ0v) is 17.7. The van der Waals surface area contributed by atoms with Gasteiger partial charge in [-0.3, -0.25) is 0 Å². The second-order valence-electron chi connectivity index (χ2n) is 6.72. The van der Waals surface area contributed by atoms with Gasteiger partial charge in [0.25, 0.3) is 0 Å². The first-order valence-corrected chi connectivity index (χ1v) is 10.0. The molecule has 0 rings (SSSR count). The second kappa shape index (κ2) is 10.3. The van der Waals surface area contributed by atoms with Crippen molar-refractivity contribution in [2.75, 3.05) is 6.61 Å². The zero-order valence-electron chi connectivity index (χ0n) is 16.9. The fourth-order valence-electron chi connectivity index (χ4n) is 1.89. The van der Waals surface area contributed by atoms with Gasteiger partial charge in [0.15, 0.2) is 10.1 Å². The molecule has 0 saturated carbocycles. The van der Waals surface area contributed by atoms with E-state index >= 15 is 0 Å². The summed E-state index contributed by atoms with van der Waals surface area (Å²) in [6, 6.07) is 0. The quantitative estimate of drug-likeness (QED) is 0.0990. The Bertz CT molecular complexity index is 808. The number of unbranched alkanes of at least 4 members (excludes halogenated alkanes) is 1. The molecule has 0 bridgehead atoms. The molecule has 0 fully saturated rings. The van der Waals surface area contributed by atoms with Crippen LogP contribution in [0.4, 0.5) is 30.7 Å². The van der Waals surface area contributed by atoms with Gasteiger partial charge in [0.2, 0.25) is 0 Å². The van der Waals surface area contributed by atoms with E-state index in [-0.39, 0.29) is 0 Å². The summed E-state index contributed by atoms with van der Waals surface area (Å²) in [5, 5.41) is -5.96. The minimum Gasteiger partial charge on any atom is -0.743 e. The fourth-order valence-corrected chi connectivity index (χ4v) is 2.36. The summed E-state index contributed by atoms with van der Waals surface area (Å²) in [7, 11) is -6.73. The molecule has 188 valence electrons. The molecular formula is C16H20F7O8S-. The monoisotopic (exact) mass is 505 g/mol. The Hall–Kier alpha value is -1.94. The van der Waals surface area contributed by atoms with E-state index < -0.39 is 82.7 Å². The Balaban J connectivity index is 5.54.